The second-order valence-electron chi connectivity index (χ2n) is 3.21. The van der Waals surface area contributed by atoms with Crippen LogP contribution in [0, 0.1) is 0 Å². The molecule has 0 aromatic carbocycles. The van der Waals surface area contributed by atoms with Crippen molar-refractivity contribution in [2.75, 3.05) is 23.9 Å². The van der Waals surface area contributed by atoms with Gasteiger partial charge in [0.05, 0.1) is 11.9 Å². The zero-order valence-electron chi connectivity index (χ0n) is 8.13. The Balaban J connectivity index is 2.05. The molecule has 15 heavy (non-hydrogen) atoms. The van der Waals surface area contributed by atoms with Crippen LogP contribution in [-0.2, 0) is 0 Å². The molecule has 5 nitrogen and oxygen atoms in total. The van der Waals surface area contributed by atoms with Crippen molar-refractivity contribution in [2.45, 2.75) is 11.3 Å². The highest BCUT2D eigenvalue weighted by Crippen LogP contribution is 2.35. The van der Waals surface area contributed by atoms with Crippen molar-refractivity contribution in [3.63, 3.8) is 0 Å². The molecule has 1 aromatic rings. The maximum atomic E-state index is 8.85. The summed E-state index contributed by atoms with van der Waals surface area (Å²) in [5.41, 5.74) is 5.58. The quantitative estimate of drug-likeness (QED) is 0.808. The molecule has 84 valence electrons. The van der Waals surface area contributed by atoms with E-state index in [-0.39, 0.29) is 6.61 Å². The molecule has 2 atom stereocenters. The van der Waals surface area contributed by atoms with E-state index in [0.29, 0.717) is 17.0 Å². The first-order chi connectivity index (χ1) is 7.31. The molecular formula is C8H13N3O2S2. The van der Waals surface area contributed by atoms with Crippen molar-refractivity contribution in [2.24, 2.45) is 5.73 Å². The van der Waals surface area contributed by atoms with Crippen LogP contribution >= 0.6 is 23.5 Å². The van der Waals surface area contributed by atoms with Crippen LogP contribution in [0.3, 0.4) is 0 Å². The lowest BCUT2D eigenvalue weighted by molar-refractivity contribution is 0.236. The summed E-state index contributed by atoms with van der Waals surface area (Å²) < 4.78 is 5.00. The fraction of sp³-hybridized carbons (Fsp3) is 0.750. The SMILES string of the molecule is N[C@H](CO)c1nc(C2CSCCS2)no1. The lowest BCUT2D eigenvalue weighted by Crippen LogP contribution is -2.15. The molecule has 1 aliphatic rings. The summed E-state index contributed by atoms with van der Waals surface area (Å²) in [5.74, 6) is 4.33. The Kier molecular flexibility index (Phi) is 3.90. The van der Waals surface area contributed by atoms with Crippen molar-refractivity contribution in [3.05, 3.63) is 11.7 Å². The van der Waals surface area contributed by atoms with E-state index in [0.717, 1.165) is 11.5 Å². The molecule has 1 unspecified atom stereocenters. The number of aromatic nitrogens is 2. The first-order valence-electron chi connectivity index (χ1n) is 4.70. The van der Waals surface area contributed by atoms with Crippen molar-refractivity contribution in [1.82, 2.24) is 10.1 Å². The molecule has 0 saturated carbocycles. The van der Waals surface area contributed by atoms with Crippen LogP contribution in [0.2, 0.25) is 0 Å². The molecule has 1 fully saturated rings. The highest BCUT2D eigenvalue weighted by atomic mass is 32.2. The summed E-state index contributed by atoms with van der Waals surface area (Å²) >= 11 is 3.74. The zero-order chi connectivity index (χ0) is 10.7. The van der Waals surface area contributed by atoms with Gasteiger partial charge in [0.15, 0.2) is 5.82 Å². The fourth-order valence-electron chi connectivity index (χ4n) is 1.24. The fourth-order valence-corrected chi connectivity index (χ4v) is 3.83. The van der Waals surface area contributed by atoms with Gasteiger partial charge in [0.2, 0.25) is 5.89 Å². The van der Waals surface area contributed by atoms with Gasteiger partial charge in [0.1, 0.15) is 6.04 Å². The third-order valence-electron chi connectivity index (χ3n) is 2.08. The van der Waals surface area contributed by atoms with Gasteiger partial charge < -0.3 is 15.4 Å². The van der Waals surface area contributed by atoms with Crippen LogP contribution in [0.15, 0.2) is 4.52 Å². The average Bonchev–Trinajstić information content (AvgIpc) is 2.78. The Morgan fingerprint density at radius 2 is 2.47 bits per heavy atom. The molecule has 2 heterocycles. The first kappa shape index (κ1) is 11.3. The second kappa shape index (κ2) is 5.20. The molecular weight excluding hydrogens is 234 g/mol. The topological polar surface area (TPSA) is 85.2 Å². The second-order valence-corrected chi connectivity index (χ2v) is 5.67. The van der Waals surface area contributed by atoms with Gasteiger partial charge in [-0.2, -0.15) is 16.7 Å². The van der Waals surface area contributed by atoms with Gasteiger partial charge in [0.25, 0.3) is 0 Å². The van der Waals surface area contributed by atoms with Crippen molar-refractivity contribution >= 4 is 23.5 Å². The molecule has 1 saturated heterocycles. The highest BCUT2D eigenvalue weighted by Gasteiger charge is 2.23. The van der Waals surface area contributed by atoms with Crippen LogP contribution in [-0.4, -0.2) is 39.1 Å². The third kappa shape index (κ3) is 2.66. The Morgan fingerprint density at radius 3 is 3.13 bits per heavy atom. The number of thioether (sulfide) groups is 2. The van der Waals surface area contributed by atoms with Gasteiger partial charge in [-0.3, -0.25) is 0 Å². The summed E-state index contributed by atoms with van der Waals surface area (Å²) in [4.78, 5) is 4.21. The van der Waals surface area contributed by atoms with Gasteiger partial charge in [-0.05, 0) is 0 Å². The number of hydrogen-bond acceptors (Lipinski definition) is 7. The van der Waals surface area contributed by atoms with Crippen molar-refractivity contribution < 1.29 is 9.63 Å². The molecule has 1 aromatic heterocycles. The zero-order valence-corrected chi connectivity index (χ0v) is 9.76. The van der Waals surface area contributed by atoms with E-state index in [1.54, 1.807) is 0 Å². The Hall–Kier alpha value is -0.240. The Bertz CT molecular complexity index is 315. The number of aliphatic hydroxyl groups excluding tert-OH is 1. The number of rotatable bonds is 3. The molecule has 0 aliphatic carbocycles. The van der Waals surface area contributed by atoms with E-state index in [9.17, 15) is 0 Å². The Morgan fingerprint density at radius 1 is 1.60 bits per heavy atom. The smallest absolute Gasteiger partial charge is 0.245 e. The van der Waals surface area contributed by atoms with E-state index in [1.807, 2.05) is 23.5 Å². The minimum absolute atomic E-state index is 0.172. The predicted molar refractivity (Wildman–Crippen MR) is 60.8 cm³/mol. The van der Waals surface area contributed by atoms with Gasteiger partial charge in [0, 0.05) is 17.3 Å². The van der Waals surface area contributed by atoms with E-state index in [4.69, 9.17) is 15.4 Å². The monoisotopic (exact) mass is 247 g/mol. The van der Waals surface area contributed by atoms with Gasteiger partial charge >= 0.3 is 0 Å². The maximum absolute atomic E-state index is 8.85. The molecule has 0 radical (unpaired) electrons. The summed E-state index contributed by atoms with van der Waals surface area (Å²) in [7, 11) is 0. The number of nitrogens with zero attached hydrogens (tertiary/aromatic N) is 2. The summed E-state index contributed by atoms with van der Waals surface area (Å²) in [6.45, 7) is -0.172. The molecule has 3 N–H and O–H groups in total. The summed E-state index contributed by atoms with van der Waals surface area (Å²) in [6, 6.07) is -0.563. The summed E-state index contributed by atoms with van der Waals surface area (Å²) in [6.07, 6.45) is 0. The number of nitrogens with two attached hydrogens (primary N) is 1. The molecule has 2 rings (SSSR count). The van der Waals surface area contributed by atoms with Gasteiger partial charge in [-0.15, -0.1) is 11.8 Å². The van der Waals surface area contributed by atoms with Crippen LogP contribution in [0.1, 0.15) is 23.0 Å². The standard InChI is InChI=1S/C8H13N3O2S2/c9-5(3-12)8-10-7(11-13-8)6-4-14-1-2-15-6/h5-6,12H,1-4,9H2/t5-,6?/m1/s1. The Labute approximate surface area is 96.2 Å². The minimum atomic E-state index is -0.563. The number of hydrogen-bond donors (Lipinski definition) is 2. The lowest BCUT2D eigenvalue weighted by Gasteiger charge is -2.17. The summed E-state index contributed by atoms with van der Waals surface area (Å²) in [5, 5.41) is 13.0. The predicted octanol–water partition coefficient (Wildman–Crippen LogP) is 0.583. The average molecular weight is 247 g/mol. The van der Waals surface area contributed by atoms with E-state index >= 15 is 0 Å². The van der Waals surface area contributed by atoms with Gasteiger partial charge in [-0.1, -0.05) is 5.16 Å². The number of aliphatic hydroxyl groups is 1. The third-order valence-corrected chi connectivity index (χ3v) is 4.83. The molecule has 7 heteroatoms. The molecule has 0 amide bonds. The molecule has 0 bridgehead atoms. The molecule has 1 aliphatic heterocycles. The maximum Gasteiger partial charge on any atom is 0.245 e. The normalized spacial score (nSPS) is 24.0. The van der Waals surface area contributed by atoms with Crippen LogP contribution in [0.5, 0.6) is 0 Å². The van der Waals surface area contributed by atoms with Crippen LogP contribution in [0.4, 0.5) is 0 Å². The van der Waals surface area contributed by atoms with Crippen molar-refractivity contribution in [3.8, 4) is 0 Å². The molecule has 0 spiro atoms. The van der Waals surface area contributed by atoms with Crippen LogP contribution in [0.25, 0.3) is 0 Å². The van der Waals surface area contributed by atoms with Crippen molar-refractivity contribution in [1.29, 1.82) is 0 Å². The lowest BCUT2D eigenvalue weighted by atomic mass is 10.3. The van der Waals surface area contributed by atoms with Crippen LogP contribution < -0.4 is 5.73 Å². The van der Waals surface area contributed by atoms with E-state index in [2.05, 4.69) is 10.1 Å². The largest absolute Gasteiger partial charge is 0.394 e. The minimum Gasteiger partial charge on any atom is -0.394 e. The van der Waals surface area contributed by atoms with Gasteiger partial charge in [-0.25, -0.2) is 0 Å². The highest BCUT2D eigenvalue weighted by molar-refractivity contribution is 8.06. The first-order valence-corrected chi connectivity index (χ1v) is 6.91. The van der Waals surface area contributed by atoms with E-state index in [1.165, 1.54) is 5.75 Å². The van der Waals surface area contributed by atoms with E-state index < -0.39 is 6.04 Å².